The average Bonchev–Trinajstić information content (AvgIpc) is 3.11. The lowest BCUT2D eigenvalue weighted by molar-refractivity contribution is 0.621. The number of halogens is 2. The average molecular weight is 366 g/mol. The Morgan fingerprint density at radius 2 is 2.29 bits per heavy atom. The minimum Gasteiger partial charge on any atom is -0.381 e. The molecule has 1 aromatic carbocycles. The van der Waals surface area contributed by atoms with E-state index in [-0.39, 0.29) is 5.82 Å². The quantitative estimate of drug-likeness (QED) is 0.685. The van der Waals surface area contributed by atoms with Crippen molar-refractivity contribution in [1.82, 2.24) is 10.2 Å². The lowest BCUT2D eigenvalue weighted by Crippen LogP contribution is -2.02. The molecule has 21 heavy (non-hydrogen) atoms. The van der Waals surface area contributed by atoms with E-state index in [9.17, 15) is 4.39 Å². The Kier molecular flexibility index (Phi) is 4.07. The van der Waals surface area contributed by atoms with Crippen LogP contribution in [0.5, 0.6) is 0 Å². The van der Waals surface area contributed by atoms with Crippen LogP contribution >= 0.6 is 27.3 Å². The van der Waals surface area contributed by atoms with E-state index in [0.29, 0.717) is 11.0 Å². The molecule has 0 spiro atoms. The first kappa shape index (κ1) is 14.3. The van der Waals surface area contributed by atoms with Crippen molar-refractivity contribution in [3.63, 3.8) is 0 Å². The first-order chi connectivity index (χ1) is 10.1. The Morgan fingerprint density at radius 1 is 1.43 bits per heavy atom. The van der Waals surface area contributed by atoms with E-state index in [1.807, 2.05) is 24.4 Å². The first-order valence-electron chi connectivity index (χ1n) is 6.41. The fourth-order valence-corrected chi connectivity index (χ4v) is 3.32. The van der Waals surface area contributed by atoms with Crippen LogP contribution in [-0.4, -0.2) is 10.2 Å². The van der Waals surface area contributed by atoms with Crippen molar-refractivity contribution in [2.45, 2.75) is 13.5 Å². The maximum Gasteiger partial charge on any atom is 0.139 e. The highest BCUT2D eigenvalue weighted by Crippen LogP contribution is 2.28. The molecule has 0 aliphatic carbocycles. The Labute approximate surface area is 134 Å². The van der Waals surface area contributed by atoms with Crippen LogP contribution < -0.4 is 5.32 Å². The van der Waals surface area contributed by atoms with Crippen molar-refractivity contribution in [2.75, 3.05) is 5.32 Å². The third kappa shape index (κ3) is 3.01. The van der Waals surface area contributed by atoms with E-state index < -0.39 is 0 Å². The van der Waals surface area contributed by atoms with Gasteiger partial charge in [-0.1, -0.05) is 6.07 Å². The lowest BCUT2D eigenvalue weighted by Gasteiger charge is -2.10. The van der Waals surface area contributed by atoms with E-state index in [0.717, 1.165) is 27.4 Å². The molecule has 3 nitrogen and oxygen atoms in total. The fourth-order valence-electron chi connectivity index (χ4n) is 2.11. The molecule has 0 bridgehead atoms. The summed E-state index contributed by atoms with van der Waals surface area (Å²) in [6.07, 6.45) is 1.80. The van der Waals surface area contributed by atoms with Crippen molar-refractivity contribution >= 4 is 33.0 Å². The minimum absolute atomic E-state index is 0.270. The van der Waals surface area contributed by atoms with Gasteiger partial charge < -0.3 is 5.32 Å². The summed E-state index contributed by atoms with van der Waals surface area (Å²) in [6, 6.07) is 7.33. The van der Waals surface area contributed by atoms with Gasteiger partial charge in [0.2, 0.25) is 0 Å². The lowest BCUT2D eigenvalue weighted by atomic mass is 10.1. The van der Waals surface area contributed by atoms with Gasteiger partial charge in [0.05, 0.1) is 21.2 Å². The van der Waals surface area contributed by atoms with Crippen LogP contribution in [0.3, 0.4) is 0 Å². The van der Waals surface area contributed by atoms with Crippen LogP contribution in [-0.2, 0) is 6.54 Å². The van der Waals surface area contributed by atoms with Crippen molar-refractivity contribution < 1.29 is 4.39 Å². The van der Waals surface area contributed by atoms with Crippen molar-refractivity contribution in [3.05, 3.63) is 57.3 Å². The van der Waals surface area contributed by atoms with Gasteiger partial charge in [-0.15, -0.1) is 11.3 Å². The molecule has 0 saturated carbocycles. The van der Waals surface area contributed by atoms with E-state index in [1.165, 1.54) is 6.07 Å². The molecule has 0 aliphatic rings. The van der Waals surface area contributed by atoms with Crippen molar-refractivity contribution in [3.8, 4) is 10.6 Å². The van der Waals surface area contributed by atoms with Gasteiger partial charge in [0.25, 0.3) is 0 Å². The number of aryl methyl sites for hydroxylation is 1. The molecule has 0 radical (unpaired) electrons. The maximum absolute atomic E-state index is 13.6. The molecule has 3 rings (SSSR count). The third-order valence-electron chi connectivity index (χ3n) is 3.22. The third-order valence-corrected chi connectivity index (χ3v) is 4.72. The summed E-state index contributed by atoms with van der Waals surface area (Å²) < 4.78 is 14.1. The molecule has 2 N–H and O–H groups in total. The monoisotopic (exact) mass is 365 g/mol. The number of hydrogen-bond donors (Lipinski definition) is 2. The van der Waals surface area contributed by atoms with Crippen LogP contribution in [0.4, 0.5) is 10.1 Å². The van der Waals surface area contributed by atoms with Crippen LogP contribution in [0.15, 0.2) is 40.3 Å². The molecular formula is C15H13BrFN3S. The van der Waals surface area contributed by atoms with Crippen LogP contribution in [0.2, 0.25) is 0 Å². The van der Waals surface area contributed by atoms with Crippen LogP contribution in [0, 0.1) is 12.7 Å². The zero-order valence-electron chi connectivity index (χ0n) is 11.3. The summed E-state index contributed by atoms with van der Waals surface area (Å²) in [4.78, 5) is 1.14. The molecule has 108 valence electrons. The smallest absolute Gasteiger partial charge is 0.139 e. The Morgan fingerprint density at radius 3 is 3.05 bits per heavy atom. The number of nitrogens with zero attached hydrogens (tertiary/aromatic N) is 1. The number of benzene rings is 1. The standard InChI is InChI=1S/C15H13BrFN3S/c1-9-5-11(16)12(17)6-13(9)18-7-10-8-19-20-15(10)14-3-2-4-21-14/h2-6,8,18H,7H2,1H3,(H,19,20). The topological polar surface area (TPSA) is 40.7 Å². The van der Waals surface area contributed by atoms with E-state index in [2.05, 4.69) is 31.4 Å². The summed E-state index contributed by atoms with van der Waals surface area (Å²) in [5, 5.41) is 12.4. The number of nitrogens with one attached hydrogen (secondary N) is 2. The first-order valence-corrected chi connectivity index (χ1v) is 8.08. The van der Waals surface area contributed by atoms with E-state index in [1.54, 1.807) is 23.6 Å². The van der Waals surface area contributed by atoms with Gasteiger partial charge in [0.15, 0.2) is 0 Å². The zero-order valence-corrected chi connectivity index (χ0v) is 13.7. The highest BCUT2D eigenvalue weighted by atomic mass is 79.9. The number of hydrogen-bond acceptors (Lipinski definition) is 3. The number of aromatic amines is 1. The molecular weight excluding hydrogens is 353 g/mol. The zero-order chi connectivity index (χ0) is 14.8. The Balaban J connectivity index is 1.80. The Bertz CT molecular complexity index is 752. The second kappa shape index (κ2) is 5.99. The number of thiophene rings is 1. The maximum atomic E-state index is 13.6. The minimum atomic E-state index is -0.270. The highest BCUT2D eigenvalue weighted by Gasteiger charge is 2.10. The number of rotatable bonds is 4. The summed E-state index contributed by atoms with van der Waals surface area (Å²) in [6.45, 7) is 2.54. The molecule has 0 amide bonds. The van der Waals surface area contributed by atoms with Gasteiger partial charge in [0, 0.05) is 17.8 Å². The van der Waals surface area contributed by atoms with Gasteiger partial charge in [-0.3, -0.25) is 5.10 Å². The predicted molar refractivity (Wildman–Crippen MR) is 88.1 cm³/mol. The molecule has 0 saturated heterocycles. The molecule has 6 heteroatoms. The van der Waals surface area contributed by atoms with Gasteiger partial charge >= 0.3 is 0 Å². The van der Waals surface area contributed by atoms with E-state index in [4.69, 9.17) is 0 Å². The predicted octanol–water partition coefficient (Wildman–Crippen LogP) is 4.96. The molecule has 0 unspecified atom stereocenters. The summed E-state index contributed by atoms with van der Waals surface area (Å²) in [7, 11) is 0. The van der Waals surface area contributed by atoms with Crippen LogP contribution in [0.25, 0.3) is 10.6 Å². The fraction of sp³-hybridized carbons (Fsp3) is 0.133. The number of H-pyrrole nitrogens is 1. The second-order valence-electron chi connectivity index (χ2n) is 4.68. The summed E-state index contributed by atoms with van der Waals surface area (Å²) >= 11 is 4.85. The summed E-state index contributed by atoms with van der Waals surface area (Å²) in [5.41, 5.74) is 3.84. The van der Waals surface area contributed by atoms with Crippen molar-refractivity contribution in [2.24, 2.45) is 0 Å². The van der Waals surface area contributed by atoms with Gasteiger partial charge in [-0.25, -0.2) is 4.39 Å². The molecule has 0 atom stereocenters. The SMILES string of the molecule is Cc1cc(Br)c(F)cc1NCc1cn[nH]c1-c1cccs1. The number of aromatic nitrogens is 2. The second-order valence-corrected chi connectivity index (χ2v) is 6.48. The van der Waals surface area contributed by atoms with Crippen LogP contribution in [0.1, 0.15) is 11.1 Å². The number of anilines is 1. The molecule has 0 fully saturated rings. The van der Waals surface area contributed by atoms with Gasteiger partial charge in [-0.05, 0) is 52.0 Å². The molecule has 0 aliphatic heterocycles. The van der Waals surface area contributed by atoms with Gasteiger partial charge in [-0.2, -0.15) is 5.10 Å². The largest absolute Gasteiger partial charge is 0.381 e. The summed E-state index contributed by atoms with van der Waals surface area (Å²) in [5.74, 6) is -0.270. The normalized spacial score (nSPS) is 10.8. The molecule has 3 aromatic rings. The Hall–Kier alpha value is -1.66. The molecule has 2 aromatic heterocycles. The van der Waals surface area contributed by atoms with Gasteiger partial charge in [0.1, 0.15) is 5.82 Å². The highest BCUT2D eigenvalue weighted by molar-refractivity contribution is 9.10. The molecule has 2 heterocycles. The van der Waals surface area contributed by atoms with E-state index >= 15 is 0 Å². The van der Waals surface area contributed by atoms with Crippen molar-refractivity contribution in [1.29, 1.82) is 0 Å².